The Labute approximate surface area is 195 Å². The molecule has 4 rings (SSSR count). The topological polar surface area (TPSA) is 86.9 Å². The van der Waals surface area contributed by atoms with E-state index in [0.29, 0.717) is 37.7 Å². The number of hydrogen-bond donors (Lipinski definition) is 1. The summed E-state index contributed by atoms with van der Waals surface area (Å²) in [6.07, 6.45) is 0.302. The van der Waals surface area contributed by atoms with Crippen LogP contribution in [0.5, 0.6) is 0 Å². The molecular weight excluding hydrogens is 416 g/mol. The van der Waals surface area contributed by atoms with Gasteiger partial charge in [0.1, 0.15) is 0 Å². The zero-order valence-electron chi connectivity index (χ0n) is 20.3. The number of fused-ring (bicyclic) bond motifs is 1. The molecule has 1 aromatic carbocycles. The average Bonchev–Trinajstić information content (AvgIpc) is 3.21. The first kappa shape index (κ1) is 23.3. The number of carbonyl (C=O) groups is 1. The number of aliphatic hydroxyl groups excluding tert-OH is 1. The van der Waals surface area contributed by atoms with Crippen molar-refractivity contribution >= 4 is 11.7 Å². The number of β-amino-alcohol motifs (C(OH)–C–C–N with tert-alkyl or cyclic N) is 1. The van der Waals surface area contributed by atoms with Gasteiger partial charge in [-0.1, -0.05) is 45.0 Å². The number of benzene rings is 1. The van der Waals surface area contributed by atoms with Gasteiger partial charge in [-0.2, -0.15) is 4.98 Å². The summed E-state index contributed by atoms with van der Waals surface area (Å²) in [5.41, 5.74) is 4.92. The molecule has 33 heavy (non-hydrogen) atoms. The highest BCUT2D eigenvalue weighted by atomic mass is 16.3. The van der Waals surface area contributed by atoms with E-state index < -0.39 is 0 Å². The second-order valence-electron chi connectivity index (χ2n) is 9.86. The maximum atomic E-state index is 13.0. The van der Waals surface area contributed by atoms with Crippen LogP contribution in [0.15, 0.2) is 24.3 Å². The molecule has 1 N–H and O–H groups in total. The largest absolute Gasteiger partial charge is 0.395 e. The van der Waals surface area contributed by atoms with Crippen molar-refractivity contribution in [2.24, 2.45) is 0 Å². The van der Waals surface area contributed by atoms with E-state index in [1.165, 1.54) is 5.56 Å². The van der Waals surface area contributed by atoms with E-state index in [2.05, 4.69) is 59.9 Å². The van der Waals surface area contributed by atoms with Crippen LogP contribution in [0.3, 0.4) is 0 Å². The van der Waals surface area contributed by atoms with Crippen molar-refractivity contribution in [2.45, 2.75) is 46.5 Å². The SMILES string of the molecule is Cc1nc2nc(-c3ccc(C(C)(C)C)cc3)nn2c(C)c1CC(=O)N1CCN(CCO)CC1. The molecule has 3 heterocycles. The quantitative estimate of drug-likeness (QED) is 0.642. The highest BCUT2D eigenvalue weighted by Crippen LogP contribution is 2.25. The zero-order chi connectivity index (χ0) is 23.8. The van der Waals surface area contributed by atoms with Crippen molar-refractivity contribution in [1.29, 1.82) is 0 Å². The minimum absolute atomic E-state index is 0.0903. The van der Waals surface area contributed by atoms with Gasteiger partial charge in [0.05, 0.1) is 13.0 Å². The third-order valence-corrected chi connectivity index (χ3v) is 6.53. The molecular formula is C25H34N6O2. The second kappa shape index (κ2) is 9.19. The minimum Gasteiger partial charge on any atom is -0.395 e. The fourth-order valence-corrected chi connectivity index (χ4v) is 4.33. The van der Waals surface area contributed by atoms with Crippen LogP contribution >= 0.6 is 0 Å². The maximum absolute atomic E-state index is 13.0. The Hall–Kier alpha value is -2.84. The van der Waals surface area contributed by atoms with E-state index >= 15 is 0 Å². The molecule has 0 atom stereocenters. The van der Waals surface area contributed by atoms with Crippen molar-refractivity contribution in [2.75, 3.05) is 39.3 Å². The number of aromatic nitrogens is 4. The molecule has 0 unspecified atom stereocenters. The van der Waals surface area contributed by atoms with Gasteiger partial charge in [0.2, 0.25) is 5.91 Å². The molecule has 8 heteroatoms. The van der Waals surface area contributed by atoms with Gasteiger partial charge < -0.3 is 10.0 Å². The summed E-state index contributed by atoms with van der Waals surface area (Å²) in [7, 11) is 0. The van der Waals surface area contributed by atoms with Crippen LogP contribution in [0, 0.1) is 13.8 Å². The molecule has 0 spiro atoms. The van der Waals surface area contributed by atoms with E-state index in [-0.39, 0.29) is 17.9 Å². The number of rotatable bonds is 5. The van der Waals surface area contributed by atoms with E-state index in [1.807, 2.05) is 18.7 Å². The Morgan fingerprint density at radius 3 is 2.30 bits per heavy atom. The van der Waals surface area contributed by atoms with Crippen molar-refractivity contribution in [3.8, 4) is 11.4 Å². The number of amides is 1. The smallest absolute Gasteiger partial charge is 0.253 e. The molecule has 0 aliphatic carbocycles. The van der Waals surface area contributed by atoms with Gasteiger partial charge in [-0.15, -0.1) is 5.10 Å². The molecule has 1 fully saturated rings. The Bertz CT molecular complexity index is 1140. The lowest BCUT2D eigenvalue weighted by Gasteiger charge is -2.34. The fraction of sp³-hybridized carbons (Fsp3) is 0.520. The predicted molar refractivity (Wildman–Crippen MR) is 128 cm³/mol. The molecule has 3 aromatic rings. The first-order valence-electron chi connectivity index (χ1n) is 11.6. The van der Waals surface area contributed by atoms with E-state index in [4.69, 9.17) is 10.2 Å². The summed E-state index contributed by atoms with van der Waals surface area (Å²) in [6, 6.07) is 8.35. The molecule has 0 bridgehead atoms. The monoisotopic (exact) mass is 450 g/mol. The summed E-state index contributed by atoms with van der Waals surface area (Å²) in [5.74, 6) is 1.28. The number of carbonyl (C=O) groups excluding carboxylic acids is 1. The van der Waals surface area contributed by atoms with Crippen LogP contribution in [0.4, 0.5) is 0 Å². The van der Waals surface area contributed by atoms with Crippen molar-refractivity contribution in [1.82, 2.24) is 29.4 Å². The van der Waals surface area contributed by atoms with Crippen LogP contribution in [-0.2, 0) is 16.6 Å². The zero-order valence-corrected chi connectivity index (χ0v) is 20.3. The van der Waals surface area contributed by atoms with Crippen molar-refractivity contribution in [3.05, 3.63) is 46.8 Å². The first-order valence-corrected chi connectivity index (χ1v) is 11.6. The Morgan fingerprint density at radius 1 is 1.03 bits per heavy atom. The molecule has 1 saturated heterocycles. The number of hydrogen-bond acceptors (Lipinski definition) is 6. The van der Waals surface area contributed by atoms with Gasteiger partial charge in [-0.05, 0) is 24.8 Å². The minimum atomic E-state index is 0.0903. The lowest BCUT2D eigenvalue weighted by molar-refractivity contribution is -0.132. The summed E-state index contributed by atoms with van der Waals surface area (Å²) in [4.78, 5) is 26.4. The number of aryl methyl sites for hydroxylation is 2. The summed E-state index contributed by atoms with van der Waals surface area (Å²) in [5, 5.41) is 13.8. The predicted octanol–water partition coefficient (Wildman–Crippen LogP) is 2.38. The highest BCUT2D eigenvalue weighted by molar-refractivity contribution is 5.79. The Morgan fingerprint density at radius 2 is 1.70 bits per heavy atom. The van der Waals surface area contributed by atoms with Crippen molar-refractivity contribution in [3.63, 3.8) is 0 Å². The van der Waals surface area contributed by atoms with E-state index in [9.17, 15) is 4.79 Å². The van der Waals surface area contributed by atoms with Gasteiger partial charge in [0.25, 0.3) is 5.78 Å². The third-order valence-electron chi connectivity index (χ3n) is 6.53. The van der Waals surface area contributed by atoms with Crippen LogP contribution in [0.25, 0.3) is 17.2 Å². The molecule has 0 radical (unpaired) electrons. The standard InChI is InChI=1S/C25H34N6O2/c1-17-21(16-22(33)30-12-10-29(11-13-30)14-15-32)18(2)31-24(26-17)27-23(28-31)19-6-8-20(9-7-19)25(3,4)5/h6-9,32H,10-16H2,1-5H3. The maximum Gasteiger partial charge on any atom is 0.253 e. The van der Waals surface area contributed by atoms with Crippen LogP contribution in [-0.4, -0.2) is 79.7 Å². The van der Waals surface area contributed by atoms with E-state index in [0.717, 1.165) is 35.6 Å². The Balaban J connectivity index is 1.55. The van der Waals surface area contributed by atoms with E-state index in [1.54, 1.807) is 4.52 Å². The van der Waals surface area contributed by atoms with Crippen LogP contribution in [0.1, 0.15) is 43.3 Å². The van der Waals surface area contributed by atoms with Crippen LogP contribution in [0.2, 0.25) is 0 Å². The molecule has 8 nitrogen and oxygen atoms in total. The highest BCUT2D eigenvalue weighted by Gasteiger charge is 2.23. The molecule has 0 saturated carbocycles. The molecule has 1 amide bonds. The number of piperazine rings is 1. The summed E-state index contributed by atoms with van der Waals surface area (Å²) in [6.45, 7) is 14.3. The average molecular weight is 451 g/mol. The van der Waals surface area contributed by atoms with Gasteiger partial charge in [-0.25, -0.2) is 9.50 Å². The van der Waals surface area contributed by atoms with Gasteiger partial charge in [0.15, 0.2) is 5.82 Å². The van der Waals surface area contributed by atoms with Gasteiger partial charge in [-0.3, -0.25) is 9.69 Å². The summed E-state index contributed by atoms with van der Waals surface area (Å²) < 4.78 is 1.75. The normalized spacial score (nSPS) is 15.4. The molecule has 2 aromatic heterocycles. The lowest BCUT2D eigenvalue weighted by atomic mass is 9.87. The molecule has 1 aliphatic heterocycles. The van der Waals surface area contributed by atoms with Gasteiger partial charge >= 0.3 is 0 Å². The number of nitrogens with zero attached hydrogens (tertiary/aromatic N) is 6. The summed E-state index contributed by atoms with van der Waals surface area (Å²) >= 11 is 0. The second-order valence-corrected chi connectivity index (χ2v) is 9.86. The van der Waals surface area contributed by atoms with Gasteiger partial charge in [0, 0.05) is 55.2 Å². The van der Waals surface area contributed by atoms with Crippen molar-refractivity contribution < 1.29 is 9.90 Å². The first-order chi connectivity index (χ1) is 15.7. The lowest BCUT2D eigenvalue weighted by Crippen LogP contribution is -2.49. The third kappa shape index (κ3) is 4.91. The van der Waals surface area contributed by atoms with Crippen LogP contribution < -0.4 is 0 Å². The molecule has 176 valence electrons. The number of aliphatic hydroxyl groups is 1. The Kier molecular flexibility index (Phi) is 6.50. The molecule has 1 aliphatic rings. The fourth-order valence-electron chi connectivity index (χ4n) is 4.33.